The number of nitrogens with one attached hydrogen (secondary N) is 1. The predicted octanol–water partition coefficient (Wildman–Crippen LogP) is 2.91. The van der Waals surface area contributed by atoms with Crippen molar-refractivity contribution >= 4 is 45.3 Å². The molecule has 4 rings (SSSR count). The average Bonchev–Trinajstić information content (AvgIpc) is 3.00. The molecular weight excluding hydrogens is 584 g/mol. The lowest BCUT2D eigenvalue weighted by Gasteiger charge is -2.35. The van der Waals surface area contributed by atoms with Crippen LogP contribution in [0.5, 0.6) is 5.75 Å². The Kier molecular flexibility index (Phi) is 11.0. The largest absolute Gasteiger partial charge is 0.489 e. The van der Waals surface area contributed by atoms with E-state index >= 15 is 0 Å². The average molecular weight is 625 g/mol. The molecule has 1 amide bonds. The number of amides is 1. The van der Waals surface area contributed by atoms with E-state index in [1.165, 1.54) is 12.1 Å². The van der Waals surface area contributed by atoms with Gasteiger partial charge in [-0.1, -0.05) is 30.4 Å². The molecule has 2 aromatic carbocycles. The maximum Gasteiger partial charge on any atom is 0.323 e. The number of anilines is 1. The van der Waals surface area contributed by atoms with Crippen LogP contribution in [-0.2, 0) is 19.6 Å². The van der Waals surface area contributed by atoms with Crippen LogP contribution in [0.4, 0.5) is 5.69 Å². The van der Waals surface area contributed by atoms with Gasteiger partial charge in [-0.05, 0) is 49.6 Å². The Morgan fingerprint density at radius 3 is 2.57 bits per heavy atom. The topological polar surface area (TPSA) is 181 Å². The number of carbonyl (C=O) groups excluding carboxylic acids is 2. The molecule has 0 aromatic heterocycles. The van der Waals surface area contributed by atoms with Gasteiger partial charge in [0.15, 0.2) is 5.75 Å². The van der Waals surface area contributed by atoms with Gasteiger partial charge in [-0.2, -0.15) is 0 Å². The number of benzene rings is 2. The molecule has 2 aliphatic heterocycles. The number of carbonyl (C=O) groups is 2. The van der Waals surface area contributed by atoms with Crippen molar-refractivity contribution in [1.29, 1.82) is 5.41 Å². The fraction of sp³-hybridized carbons (Fsp3) is 0.419. The van der Waals surface area contributed by atoms with Crippen molar-refractivity contribution in [2.24, 2.45) is 16.5 Å². The van der Waals surface area contributed by atoms with E-state index in [2.05, 4.69) is 9.89 Å². The molecule has 0 spiro atoms. The Bertz CT molecular complexity index is 1530. The number of nitrogens with two attached hydrogens (primary N) is 2. The van der Waals surface area contributed by atoms with Crippen molar-refractivity contribution in [1.82, 2.24) is 4.90 Å². The monoisotopic (exact) mass is 624 g/mol. The number of nitrogens with zero attached hydrogens (tertiary/aromatic N) is 3. The summed E-state index contributed by atoms with van der Waals surface area (Å²) in [6, 6.07) is 11.3. The number of hydrogen-bond donors (Lipinski definition) is 3. The normalized spacial score (nSPS) is 15.9. The Balaban J connectivity index is 1.56. The molecule has 1 fully saturated rings. The number of nitrogen functional groups attached to an aromatic ring is 1. The molecule has 0 bridgehead atoms. The van der Waals surface area contributed by atoms with Crippen LogP contribution in [0, 0.1) is 5.41 Å². The second-order valence-corrected chi connectivity index (χ2v) is 12.5. The van der Waals surface area contributed by atoms with E-state index in [0.29, 0.717) is 11.1 Å². The number of amidine groups is 2. The lowest BCUT2D eigenvalue weighted by atomic mass is 10.0. The van der Waals surface area contributed by atoms with Gasteiger partial charge in [0.2, 0.25) is 10.0 Å². The highest BCUT2D eigenvalue weighted by molar-refractivity contribution is 7.93. The third-order valence-corrected chi connectivity index (χ3v) is 9.07. The van der Waals surface area contributed by atoms with Crippen molar-refractivity contribution in [2.45, 2.75) is 45.1 Å². The Labute approximate surface area is 258 Å². The Morgan fingerprint density at radius 2 is 1.91 bits per heavy atom. The summed E-state index contributed by atoms with van der Waals surface area (Å²) in [5.41, 5.74) is 12.7. The second-order valence-electron chi connectivity index (χ2n) is 10.6. The first-order valence-electron chi connectivity index (χ1n) is 14.7. The molecule has 12 nitrogen and oxygen atoms in total. The minimum absolute atomic E-state index is 0.0334. The molecule has 2 aliphatic rings. The van der Waals surface area contributed by atoms with Gasteiger partial charge in [-0.3, -0.25) is 24.3 Å². The van der Waals surface area contributed by atoms with Crippen LogP contribution >= 0.6 is 0 Å². The summed E-state index contributed by atoms with van der Waals surface area (Å²) < 4.78 is 39.0. The molecule has 236 valence electrons. The summed E-state index contributed by atoms with van der Waals surface area (Å²) >= 11 is 0. The number of rotatable bonds is 12. The number of aliphatic imine (C=N–C) groups is 1. The van der Waals surface area contributed by atoms with E-state index in [1.54, 1.807) is 49.4 Å². The summed E-state index contributed by atoms with van der Waals surface area (Å²) in [4.78, 5) is 31.7. The zero-order chi connectivity index (χ0) is 31.7. The first kappa shape index (κ1) is 32.5. The molecule has 0 aliphatic carbocycles. The smallest absolute Gasteiger partial charge is 0.323 e. The van der Waals surface area contributed by atoms with Gasteiger partial charge in [-0.25, -0.2) is 8.42 Å². The molecular formula is C31H40N6O6S. The second kappa shape index (κ2) is 14.9. The van der Waals surface area contributed by atoms with Crippen molar-refractivity contribution in [3.8, 4) is 5.75 Å². The molecule has 0 saturated carbocycles. The summed E-state index contributed by atoms with van der Waals surface area (Å²) in [6.07, 6.45) is 7.90. The summed E-state index contributed by atoms with van der Waals surface area (Å²) in [5.74, 6) is -1.21. The third-order valence-electron chi connectivity index (χ3n) is 7.44. The summed E-state index contributed by atoms with van der Waals surface area (Å²) in [7, 11) is -4.23. The molecule has 2 heterocycles. The van der Waals surface area contributed by atoms with Crippen molar-refractivity contribution in [3.63, 3.8) is 0 Å². The predicted molar refractivity (Wildman–Crippen MR) is 171 cm³/mol. The maximum absolute atomic E-state index is 13.4. The van der Waals surface area contributed by atoms with Crippen LogP contribution in [0.2, 0.25) is 0 Å². The van der Waals surface area contributed by atoms with Gasteiger partial charge in [-0.15, -0.1) is 0 Å². The minimum atomic E-state index is -4.23. The minimum Gasteiger partial charge on any atom is -0.489 e. The molecule has 2 aromatic rings. The standard InChI is InChI=1S/C31H40N6O6S/c1-2-42-29(38)21-44(40,41)37(16-6-8-22-7-5-9-23(19-22)30(32)33)24-11-12-27(26(20-24)31(34)39)43-25-13-17-36(18-14-25)28-10-3-4-15-35-28/h5-9,11-12,19-20,25H,2-4,10,13-18,21H2,1H3,(H3,32,33)(H2,34,39). The van der Waals surface area contributed by atoms with Gasteiger partial charge >= 0.3 is 5.97 Å². The van der Waals surface area contributed by atoms with E-state index in [9.17, 15) is 18.0 Å². The molecule has 5 N–H and O–H groups in total. The van der Waals surface area contributed by atoms with Crippen LogP contribution in [-0.4, -0.2) is 81.5 Å². The summed E-state index contributed by atoms with van der Waals surface area (Å²) in [5, 5.41) is 7.64. The number of hydrogen-bond acceptors (Lipinski definition) is 9. The van der Waals surface area contributed by atoms with Crippen LogP contribution in [0.3, 0.4) is 0 Å². The first-order chi connectivity index (χ1) is 21.1. The van der Waals surface area contributed by atoms with E-state index in [4.69, 9.17) is 26.4 Å². The van der Waals surface area contributed by atoms with E-state index in [-0.39, 0.29) is 42.1 Å². The number of primary amides is 1. The molecule has 0 radical (unpaired) electrons. The Hall–Kier alpha value is -4.39. The van der Waals surface area contributed by atoms with Crippen LogP contribution in [0.1, 0.15) is 60.5 Å². The molecule has 13 heteroatoms. The number of ether oxygens (including phenoxy) is 2. The zero-order valence-electron chi connectivity index (χ0n) is 24.9. The van der Waals surface area contributed by atoms with Crippen molar-refractivity contribution < 1.29 is 27.5 Å². The van der Waals surface area contributed by atoms with E-state index in [0.717, 1.165) is 61.9 Å². The van der Waals surface area contributed by atoms with Gasteiger partial charge in [0, 0.05) is 44.5 Å². The van der Waals surface area contributed by atoms with Gasteiger partial charge in [0.1, 0.15) is 17.7 Å². The SMILES string of the molecule is CCOC(=O)CS(=O)(=O)N(CC=Cc1cccc(C(=N)N)c1)c1ccc(OC2CCN(C3=NCCCC3)CC2)c(C(N)=O)c1. The van der Waals surface area contributed by atoms with Crippen LogP contribution in [0.15, 0.2) is 53.5 Å². The van der Waals surface area contributed by atoms with Gasteiger partial charge in [0.25, 0.3) is 5.91 Å². The summed E-state index contributed by atoms with van der Waals surface area (Å²) in [6.45, 7) is 3.93. The fourth-order valence-electron chi connectivity index (χ4n) is 5.22. The fourth-order valence-corrected chi connectivity index (χ4v) is 6.51. The highest BCUT2D eigenvalue weighted by Gasteiger charge is 2.29. The van der Waals surface area contributed by atoms with Crippen LogP contribution in [0.25, 0.3) is 6.08 Å². The molecule has 1 saturated heterocycles. The van der Waals surface area contributed by atoms with E-state index in [1.807, 2.05) is 0 Å². The maximum atomic E-state index is 13.4. The molecule has 0 unspecified atom stereocenters. The Morgan fingerprint density at radius 1 is 1.14 bits per heavy atom. The zero-order valence-corrected chi connectivity index (χ0v) is 25.7. The lowest BCUT2D eigenvalue weighted by molar-refractivity contribution is -0.139. The quantitative estimate of drug-likeness (QED) is 0.183. The number of esters is 1. The number of piperidine rings is 1. The van der Waals surface area contributed by atoms with E-state index < -0.39 is 27.7 Å². The first-order valence-corrected chi connectivity index (χ1v) is 16.3. The molecule has 0 atom stereocenters. The molecule has 44 heavy (non-hydrogen) atoms. The van der Waals surface area contributed by atoms with Crippen molar-refractivity contribution in [2.75, 3.05) is 42.8 Å². The lowest BCUT2D eigenvalue weighted by Crippen LogP contribution is -2.42. The van der Waals surface area contributed by atoms with Crippen LogP contribution < -0.4 is 20.5 Å². The van der Waals surface area contributed by atoms with Gasteiger partial charge < -0.3 is 25.8 Å². The number of likely N-dealkylation sites (tertiary alicyclic amines) is 1. The highest BCUT2D eigenvalue weighted by atomic mass is 32.2. The third kappa shape index (κ3) is 8.59. The van der Waals surface area contributed by atoms with Gasteiger partial charge in [0.05, 0.1) is 30.2 Å². The highest BCUT2D eigenvalue weighted by Crippen LogP contribution is 2.30. The van der Waals surface area contributed by atoms with Crippen molar-refractivity contribution in [3.05, 3.63) is 65.2 Å². The number of sulfonamides is 1.